The lowest BCUT2D eigenvalue weighted by Crippen LogP contribution is -2.20. The fraction of sp³-hybridized carbons (Fsp3) is 0.231. The van der Waals surface area contributed by atoms with E-state index in [1.54, 1.807) is 25.2 Å². The van der Waals surface area contributed by atoms with Gasteiger partial charge in [0.15, 0.2) is 5.43 Å². The molecule has 0 atom stereocenters. The van der Waals surface area contributed by atoms with Crippen molar-refractivity contribution in [2.24, 2.45) is 7.05 Å². The average molecular weight is 247 g/mol. The molecule has 0 fully saturated rings. The molecular formula is C13H13NO4. The lowest BCUT2D eigenvalue weighted by Gasteiger charge is -2.14. The van der Waals surface area contributed by atoms with Gasteiger partial charge in [-0.1, -0.05) is 6.07 Å². The van der Waals surface area contributed by atoms with E-state index in [4.69, 9.17) is 4.74 Å². The van der Waals surface area contributed by atoms with Crippen LogP contribution >= 0.6 is 0 Å². The molecule has 0 aliphatic rings. The zero-order valence-electron chi connectivity index (χ0n) is 10.4. The number of carboxylic acids is 1. The van der Waals surface area contributed by atoms with Gasteiger partial charge in [0.05, 0.1) is 12.6 Å². The van der Waals surface area contributed by atoms with E-state index >= 15 is 0 Å². The molecule has 5 nitrogen and oxygen atoms in total. The number of rotatable bonds is 2. The van der Waals surface area contributed by atoms with E-state index in [0.717, 1.165) is 0 Å². The molecule has 5 heteroatoms. The second kappa shape index (κ2) is 4.18. The molecule has 2 aromatic rings. The number of nitrogens with zero attached hydrogens (tertiary/aromatic N) is 1. The Labute approximate surface area is 103 Å². The number of para-hydroxylation sites is 1. The summed E-state index contributed by atoms with van der Waals surface area (Å²) in [4.78, 5) is 23.4. The maximum Gasteiger partial charge on any atom is 0.352 e. The van der Waals surface area contributed by atoms with Crippen molar-refractivity contribution < 1.29 is 14.6 Å². The second-order valence-corrected chi connectivity index (χ2v) is 4.02. The minimum absolute atomic E-state index is 0.0167. The third-order valence-electron chi connectivity index (χ3n) is 3.03. The second-order valence-electron chi connectivity index (χ2n) is 4.02. The van der Waals surface area contributed by atoms with Crippen LogP contribution in [0.4, 0.5) is 0 Å². The van der Waals surface area contributed by atoms with Gasteiger partial charge in [0.2, 0.25) is 0 Å². The molecule has 0 amide bonds. The number of hydrogen-bond acceptors (Lipinski definition) is 3. The topological polar surface area (TPSA) is 68.5 Å². The molecule has 18 heavy (non-hydrogen) atoms. The quantitative estimate of drug-likeness (QED) is 0.874. The molecule has 94 valence electrons. The Morgan fingerprint density at radius 2 is 2.06 bits per heavy atom. The van der Waals surface area contributed by atoms with Crippen LogP contribution in [-0.4, -0.2) is 22.8 Å². The highest BCUT2D eigenvalue weighted by atomic mass is 16.5. The SMILES string of the molecule is COc1cccc2c(=O)c(C)c(C(=O)O)n(C)c12. The molecular weight excluding hydrogens is 234 g/mol. The minimum Gasteiger partial charge on any atom is -0.495 e. The summed E-state index contributed by atoms with van der Waals surface area (Å²) in [5, 5.41) is 9.65. The van der Waals surface area contributed by atoms with Gasteiger partial charge in [-0.25, -0.2) is 4.79 Å². The van der Waals surface area contributed by atoms with Crippen LogP contribution in [0.5, 0.6) is 5.75 Å². The molecule has 0 unspecified atom stereocenters. The van der Waals surface area contributed by atoms with E-state index in [1.807, 2.05) is 0 Å². The van der Waals surface area contributed by atoms with Crippen LogP contribution in [0.25, 0.3) is 10.9 Å². The van der Waals surface area contributed by atoms with Crippen LogP contribution in [0.15, 0.2) is 23.0 Å². The smallest absolute Gasteiger partial charge is 0.352 e. The molecule has 0 bridgehead atoms. The summed E-state index contributed by atoms with van der Waals surface area (Å²) < 4.78 is 6.66. The summed E-state index contributed by atoms with van der Waals surface area (Å²) >= 11 is 0. The van der Waals surface area contributed by atoms with Gasteiger partial charge in [0.1, 0.15) is 11.4 Å². The standard InChI is InChI=1S/C13H13NO4/c1-7-10(13(16)17)14(2)11-8(12(7)15)5-4-6-9(11)18-3/h4-6H,1-3H3,(H,16,17). The van der Waals surface area contributed by atoms with Crippen LogP contribution < -0.4 is 10.2 Å². The number of ether oxygens (including phenoxy) is 1. The molecule has 1 aromatic carbocycles. The van der Waals surface area contributed by atoms with Crippen LogP contribution in [0.2, 0.25) is 0 Å². The number of fused-ring (bicyclic) bond motifs is 1. The van der Waals surface area contributed by atoms with E-state index < -0.39 is 5.97 Å². The predicted octanol–water partition coefficient (Wildman–Crippen LogP) is 1.55. The summed E-state index contributed by atoms with van der Waals surface area (Å²) in [6.45, 7) is 1.52. The first-order valence-corrected chi connectivity index (χ1v) is 5.38. The third-order valence-corrected chi connectivity index (χ3v) is 3.03. The van der Waals surface area contributed by atoms with Crippen LogP contribution in [0.3, 0.4) is 0 Å². The van der Waals surface area contributed by atoms with Gasteiger partial charge in [0, 0.05) is 18.0 Å². The summed E-state index contributed by atoms with van der Waals surface area (Å²) in [5.74, 6) is -0.644. The lowest BCUT2D eigenvalue weighted by atomic mass is 10.1. The monoisotopic (exact) mass is 247 g/mol. The number of aromatic carboxylic acids is 1. The summed E-state index contributed by atoms with van der Waals surface area (Å²) in [5.41, 5.74) is 0.426. The number of carbonyl (C=O) groups is 1. The van der Waals surface area contributed by atoms with Crippen molar-refractivity contribution in [3.63, 3.8) is 0 Å². The van der Waals surface area contributed by atoms with Crippen molar-refractivity contribution in [3.05, 3.63) is 39.7 Å². The highest BCUT2D eigenvalue weighted by Gasteiger charge is 2.19. The number of benzene rings is 1. The van der Waals surface area contributed by atoms with E-state index in [1.165, 1.54) is 18.6 Å². The van der Waals surface area contributed by atoms with Gasteiger partial charge in [-0.3, -0.25) is 4.79 Å². The predicted molar refractivity (Wildman–Crippen MR) is 67.4 cm³/mol. The highest BCUT2D eigenvalue weighted by molar-refractivity contribution is 5.94. The fourth-order valence-corrected chi connectivity index (χ4v) is 2.19. The van der Waals surface area contributed by atoms with Crippen LogP contribution in [-0.2, 0) is 7.05 Å². The van der Waals surface area contributed by atoms with E-state index in [-0.39, 0.29) is 16.7 Å². The van der Waals surface area contributed by atoms with Gasteiger partial charge in [-0.05, 0) is 19.1 Å². The number of methoxy groups -OCH3 is 1. The van der Waals surface area contributed by atoms with Gasteiger partial charge in [-0.15, -0.1) is 0 Å². The van der Waals surface area contributed by atoms with Crippen molar-refractivity contribution >= 4 is 16.9 Å². The third kappa shape index (κ3) is 1.55. The number of hydrogen-bond donors (Lipinski definition) is 1. The normalized spacial score (nSPS) is 10.6. The summed E-state index contributed by atoms with van der Waals surface area (Å²) in [6.07, 6.45) is 0. The first-order valence-electron chi connectivity index (χ1n) is 5.38. The maximum absolute atomic E-state index is 12.1. The van der Waals surface area contributed by atoms with E-state index in [0.29, 0.717) is 16.7 Å². The van der Waals surface area contributed by atoms with Gasteiger partial charge < -0.3 is 14.4 Å². The van der Waals surface area contributed by atoms with E-state index in [2.05, 4.69) is 0 Å². The Balaban J connectivity index is 3.09. The van der Waals surface area contributed by atoms with Crippen molar-refractivity contribution in [1.82, 2.24) is 4.57 Å². The summed E-state index contributed by atoms with van der Waals surface area (Å²) in [6, 6.07) is 5.07. The molecule has 0 saturated heterocycles. The molecule has 1 heterocycles. The Bertz CT molecular complexity index is 700. The zero-order valence-corrected chi connectivity index (χ0v) is 10.4. The Kier molecular flexibility index (Phi) is 2.82. The first kappa shape index (κ1) is 12.2. The van der Waals surface area contributed by atoms with Gasteiger partial charge >= 0.3 is 5.97 Å². The van der Waals surface area contributed by atoms with Crippen molar-refractivity contribution in [2.75, 3.05) is 7.11 Å². The Hall–Kier alpha value is -2.30. The fourth-order valence-electron chi connectivity index (χ4n) is 2.19. The molecule has 0 saturated carbocycles. The molecule has 1 aromatic heterocycles. The maximum atomic E-state index is 12.1. The minimum atomic E-state index is -1.13. The Morgan fingerprint density at radius 3 is 2.61 bits per heavy atom. The number of carboxylic acid groups (broad SMARTS) is 1. The Morgan fingerprint density at radius 1 is 1.39 bits per heavy atom. The molecule has 1 N–H and O–H groups in total. The zero-order chi connectivity index (χ0) is 13.4. The van der Waals surface area contributed by atoms with Crippen molar-refractivity contribution in [2.45, 2.75) is 6.92 Å². The average Bonchev–Trinajstić information content (AvgIpc) is 2.34. The number of aromatic nitrogens is 1. The molecule has 0 spiro atoms. The van der Waals surface area contributed by atoms with Crippen molar-refractivity contribution in [3.8, 4) is 5.75 Å². The largest absolute Gasteiger partial charge is 0.495 e. The lowest BCUT2D eigenvalue weighted by molar-refractivity contribution is 0.0685. The van der Waals surface area contributed by atoms with Crippen LogP contribution in [0.1, 0.15) is 16.1 Å². The van der Waals surface area contributed by atoms with E-state index in [9.17, 15) is 14.7 Å². The highest BCUT2D eigenvalue weighted by Crippen LogP contribution is 2.24. The first-order chi connectivity index (χ1) is 8.49. The molecule has 0 aliphatic heterocycles. The summed E-state index contributed by atoms with van der Waals surface area (Å²) in [7, 11) is 3.10. The van der Waals surface area contributed by atoms with Crippen molar-refractivity contribution in [1.29, 1.82) is 0 Å². The number of aryl methyl sites for hydroxylation is 1. The van der Waals surface area contributed by atoms with Crippen LogP contribution in [0, 0.1) is 6.92 Å². The van der Waals surface area contributed by atoms with Gasteiger partial charge in [-0.2, -0.15) is 0 Å². The van der Waals surface area contributed by atoms with Gasteiger partial charge in [0.25, 0.3) is 0 Å². The molecule has 2 rings (SSSR count). The molecule has 0 radical (unpaired) electrons. The molecule has 0 aliphatic carbocycles. The number of pyridine rings is 1.